The summed E-state index contributed by atoms with van der Waals surface area (Å²) in [4.78, 5) is 0. The fraction of sp³-hybridized carbons (Fsp3) is 0.538. The van der Waals surface area contributed by atoms with Gasteiger partial charge in [-0.3, -0.25) is 0 Å². The Labute approximate surface area is 86.1 Å². The average molecular weight is 190 g/mol. The Morgan fingerprint density at radius 2 is 2.14 bits per heavy atom. The number of aryl methyl sites for hydroxylation is 1. The number of methoxy groups -OCH3 is 1. The summed E-state index contributed by atoms with van der Waals surface area (Å²) in [6.45, 7) is 2.17. The van der Waals surface area contributed by atoms with Gasteiger partial charge in [0.15, 0.2) is 0 Å². The molecule has 1 aromatic carbocycles. The second-order valence-corrected chi connectivity index (χ2v) is 4.05. The normalized spacial score (nSPS) is 16.4. The van der Waals surface area contributed by atoms with E-state index in [1.807, 2.05) is 0 Å². The highest BCUT2D eigenvalue weighted by Gasteiger charge is 2.20. The molecule has 1 aromatic rings. The molecule has 2 rings (SSSR count). The van der Waals surface area contributed by atoms with Gasteiger partial charge in [0.2, 0.25) is 0 Å². The third-order valence-electron chi connectivity index (χ3n) is 3.27. The molecule has 1 saturated carbocycles. The van der Waals surface area contributed by atoms with Crippen LogP contribution >= 0.6 is 0 Å². The summed E-state index contributed by atoms with van der Waals surface area (Å²) in [6, 6.07) is 6.71. The van der Waals surface area contributed by atoms with Crippen LogP contribution < -0.4 is 4.74 Å². The molecule has 1 aliphatic rings. The zero-order valence-electron chi connectivity index (χ0n) is 9.05. The zero-order valence-corrected chi connectivity index (χ0v) is 9.05. The highest BCUT2D eigenvalue weighted by molar-refractivity contribution is 5.39. The lowest BCUT2D eigenvalue weighted by atomic mass is 9.80. The highest BCUT2D eigenvalue weighted by atomic mass is 16.5. The molecule has 0 aromatic heterocycles. The molecule has 0 unspecified atom stereocenters. The van der Waals surface area contributed by atoms with Gasteiger partial charge in [-0.25, -0.2) is 0 Å². The van der Waals surface area contributed by atoms with Crippen LogP contribution in [0.4, 0.5) is 0 Å². The molecular weight excluding hydrogens is 172 g/mol. The molecule has 14 heavy (non-hydrogen) atoms. The Balaban J connectivity index is 2.26. The van der Waals surface area contributed by atoms with E-state index in [2.05, 4.69) is 25.1 Å². The number of rotatable bonds is 3. The van der Waals surface area contributed by atoms with E-state index < -0.39 is 0 Å². The Morgan fingerprint density at radius 1 is 1.36 bits per heavy atom. The number of hydrogen-bond donors (Lipinski definition) is 0. The molecule has 0 N–H and O–H groups in total. The van der Waals surface area contributed by atoms with Gasteiger partial charge in [0.05, 0.1) is 7.11 Å². The minimum atomic E-state index is 0.801. The quantitative estimate of drug-likeness (QED) is 0.708. The third kappa shape index (κ3) is 1.63. The Morgan fingerprint density at radius 3 is 2.64 bits per heavy atom. The van der Waals surface area contributed by atoms with Crippen LogP contribution in [0.3, 0.4) is 0 Å². The van der Waals surface area contributed by atoms with Gasteiger partial charge < -0.3 is 4.74 Å². The summed E-state index contributed by atoms with van der Waals surface area (Å²) in [6.07, 6.45) is 5.15. The zero-order chi connectivity index (χ0) is 9.97. The Bertz CT molecular complexity index is 313. The Kier molecular flexibility index (Phi) is 2.76. The molecule has 76 valence electrons. The maximum absolute atomic E-state index is 5.40. The summed E-state index contributed by atoms with van der Waals surface area (Å²) in [5.74, 6) is 1.87. The number of hydrogen-bond acceptors (Lipinski definition) is 1. The van der Waals surface area contributed by atoms with Gasteiger partial charge in [-0.1, -0.05) is 25.5 Å². The van der Waals surface area contributed by atoms with Crippen LogP contribution in [-0.2, 0) is 6.42 Å². The van der Waals surface area contributed by atoms with Crippen molar-refractivity contribution in [1.29, 1.82) is 0 Å². The van der Waals surface area contributed by atoms with E-state index in [1.165, 1.54) is 30.4 Å². The standard InChI is InChI=1S/C13H18O/c1-3-10-7-8-12(9-13(10)14-2)11-5-4-6-11/h7-9,11H,3-6H2,1-2H3. The van der Waals surface area contributed by atoms with E-state index in [9.17, 15) is 0 Å². The van der Waals surface area contributed by atoms with E-state index in [1.54, 1.807) is 7.11 Å². The summed E-state index contributed by atoms with van der Waals surface area (Å²) < 4.78 is 5.40. The van der Waals surface area contributed by atoms with Gasteiger partial charge >= 0.3 is 0 Å². The van der Waals surface area contributed by atoms with Gasteiger partial charge in [0, 0.05) is 0 Å². The molecule has 1 nitrogen and oxygen atoms in total. The van der Waals surface area contributed by atoms with Gasteiger partial charge in [0.1, 0.15) is 5.75 Å². The van der Waals surface area contributed by atoms with Crippen molar-refractivity contribution < 1.29 is 4.74 Å². The van der Waals surface area contributed by atoms with Crippen molar-refractivity contribution in [2.75, 3.05) is 7.11 Å². The van der Waals surface area contributed by atoms with Crippen LogP contribution in [0, 0.1) is 0 Å². The summed E-state index contributed by atoms with van der Waals surface area (Å²) >= 11 is 0. The van der Waals surface area contributed by atoms with Crippen molar-refractivity contribution in [2.24, 2.45) is 0 Å². The molecule has 0 spiro atoms. The van der Waals surface area contributed by atoms with Crippen LogP contribution in [0.5, 0.6) is 5.75 Å². The lowest BCUT2D eigenvalue weighted by Crippen LogP contribution is -2.09. The van der Waals surface area contributed by atoms with Crippen LogP contribution in [0.25, 0.3) is 0 Å². The van der Waals surface area contributed by atoms with E-state index in [-0.39, 0.29) is 0 Å². The first-order valence-corrected chi connectivity index (χ1v) is 5.52. The smallest absolute Gasteiger partial charge is 0.122 e. The van der Waals surface area contributed by atoms with E-state index in [0.29, 0.717) is 0 Å². The van der Waals surface area contributed by atoms with Crippen LogP contribution in [0.15, 0.2) is 18.2 Å². The highest BCUT2D eigenvalue weighted by Crippen LogP contribution is 2.38. The number of benzene rings is 1. The largest absolute Gasteiger partial charge is 0.496 e. The van der Waals surface area contributed by atoms with Crippen molar-refractivity contribution >= 4 is 0 Å². The van der Waals surface area contributed by atoms with Crippen molar-refractivity contribution in [3.05, 3.63) is 29.3 Å². The van der Waals surface area contributed by atoms with Crippen LogP contribution in [0.1, 0.15) is 43.2 Å². The fourth-order valence-corrected chi connectivity index (χ4v) is 2.05. The van der Waals surface area contributed by atoms with Crippen molar-refractivity contribution in [3.8, 4) is 5.75 Å². The van der Waals surface area contributed by atoms with Crippen molar-refractivity contribution in [2.45, 2.75) is 38.5 Å². The first-order chi connectivity index (χ1) is 6.85. The molecule has 0 radical (unpaired) electrons. The third-order valence-corrected chi connectivity index (χ3v) is 3.27. The van der Waals surface area contributed by atoms with Crippen molar-refractivity contribution in [3.63, 3.8) is 0 Å². The van der Waals surface area contributed by atoms with Crippen LogP contribution in [0.2, 0.25) is 0 Å². The lowest BCUT2D eigenvalue weighted by molar-refractivity contribution is 0.399. The molecule has 0 heterocycles. The minimum Gasteiger partial charge on any atom is -0.496 e. The summed E-state index contributed by atoms with van der Waals surface area (Å²) in [5.41, 5.74) is 2.78. The van der Waals surface area contributed by atoms with Gasteiger partial charge in [-0.15, -0.1) is 0 Å². The van der Waals surface area contributed by atoms with Crippen molar-refractivity contribution in [1.82, 2.24) is 0 Å². The second-order valence-electron chi connectivity index (χ2n) is 4.05. The predicted molar refractivity (Wildman–Crippen MR) is 59.0 cm³/mol. The Hall–Kier alpha value is -0.980. The van der Waals surface area contributed by atoms with Crippen LogP contribution in [-0.4, -0.2) is 7.11 Å². The molecule has 0 saturated heterocycles. The SMILES string of the molecule is CCc1ccc(C2CCC2)cc1OC. The molecule has 1 aliphatic carbocycles. The van der Waals surface area contributed by atoms with Gasteiger partial charge in [-0.2, -0.15) is 0 Å². The molecule has 0 aliphatic heterocycles. The average Bonchev–Trinajstić information content (AvgIpc) is 2.15. The first-order valence-electron chi connectivity index (χ1n) is 5.52. The maximum atomic E-state index is 5.40. The number of ether oxygens (including phenoxy) is 1. The summed E-state index contributed by atoms with van der Waals surface area (Å²) in [7, 11) is 1.76. The minimum absolute atomic E-state index is 0.801. The fourth-order valence-electron chi connectivity index (χ4n) is 2.05. The van der Waals surface area contributed by atoms with Gasteiger partial charge in [0.25, 0.3) is 0 Å². The molecule has 0 bridgehead atoms. The monoisotopic (exact) mass is 190 g/mol. The van der Waals surface area contributed by atoms with E-state index >= 15 is 0 Å². The predicted octanol–water partition coefficient (Wildman–Crippen LogP) is 3.53. The summed E-state index contributed by atoms with van der Waals surface area (Å²) in [5, 5.41) is 0. The maximum Gasteiger partial charge on any atom is 0.122 e. The second kappa shape index (κ2) is 4.04. The van der Waals surface area contributed by atoms with Gasteiger partial charge in [-0.05, 0) is 42.4 Å². The topological polar surface area (TPSA) is 9.23 Å². The molecule has 1 fully saturated rings. The van der Waals surface area contributed by atoms with E-state index in [4.69, 9.17) is 4.74 Å². The lowest BCUT2D eigenvalue weighted by Gasteiger charge is -2.26. The van der Waals surface area contributed by atoms with E-state index in [0.717, 1.165) is 18.1 Å². The molecule has 0 amide bonds. The first kappa shape index (κ1) is 9.57. The molecular formula is C13H18O. The molecule has 1 heteroatoms. The molecule has 0 atom stereocenters.